The molecule has 0 aliphatic rings. The average Bonchev–Trinajstić information content (AvgIpc) is 2.84. The molecule has 0 saturated heterocycles. The van der Waals surface area contributed by atoms with Crippen LogP contribution in [0.5, 0.6) is 23.1 Å². The third-order valence-electron chi connectivity index (χ3n) is 4.85. The van der Waals surface area contributed by atoms with Gasteiger partial charge in [0.2, 0.25) is 5.88 Å². The van der Waals surface area contributed by atoms with Crippen LogP contribution in [0.2, 0.25) is 0 Å². The van der Waals surface area contributed by atoms with Gasteiger partial charge in [-0.25, -0.2) is 4.98 Å². The lowest BCUT2D eigenvalue weighted by Gasteiger charge is -2.10. The largest absolute Gasteiger partial charge is 0.497 e. The van der Waals surface area contributed by atoms with Gasteiger partial charge in [-0.1, -0.05) is 23.8 Å². The van der Waals surface area contributed by atoms with Gasteiger partial charge in [0, 0.05) is 47.3 Å². The zero-order valence-electron chi connectivity index (χ0n) is 18.5. The summed E-state index contributed by atoms with van der Waals surface area (Å²) in [6.07, 6.45) is 1.66. The SMILES string of the molecule is COc1cc(NC(=O)c2ccc(Oc3ccnc(-c4cccc(C)c4)n3)cc2)cc(OC)c1. The van der Waals surface area contributed by atoms with Crippen molar-refractivity contribution in [2.75, 3.05) is 19.5 Å². The summed E-state index contributed by atoms with van der Waals surface area (Å²) in [6.45, 7) is 2.02. The van der Waals surface area contributed by atoms with Crippen LogP contribution in [0.4, 0.5) is 5.69 Å². The summed E-state index contributed by atoms with van der Waals surface area (Å²) < 4.78 is 16.4. The first-order valence-electron chi connectivity index (χ1n) is 10.3. The van der Waals surface area contributed by atoms with Gasteiger partial charge < -0.3 is 19.5 Å². The van der Waals surface area contributed by atoms with E-state index < -0.39 is 0 Å². The van der Waals surface area contributed by atoms with E-state index in [1.165, 1.54) is 0 Å². The quantitative estimate of drug-likeness (QED) is 0.407. The van der Waals surface area contributed by atoms with E-state index in [-0.39, 0.29) is 5.91 Å². The normalized spacial score (nSPS) is 10.4. The number of benzene rings is 3. The maximum Gasteiger partial charge on any atom is 0.255 e. The molecule has 7 heteroatoms. The number of aryl methyl sites for hydroxylation is 1. The maximum atomic E-state index is 12.7. The van der Waals surface area contributed by atoms with Gasteiger partial charge in [-0.15, -0.1) is 0 Å². The number of rotatable bonds is 7. The molecule has 0 unspecified atom stereocenters. The van der Waals surface area contributed by atoms with Crippen LogP contribution in [-0.4, -0.2) is 30.1 Å². The maximum absolute atomic E-state index is 12.7. The molecule has 0 spiro atoms. The number of amides is 1. The van der Waals surface area contributed by atoms with Crippen molar-refractivity contribution in [3.8, 4) is 34.5 Å². The Bertz CT molecular complexity index is 1250. The van der Waals surface area contributed by atoms with Crippen LogP contribution >= 0.6 is 0 Å². The lowest BCUT2D eigenvalue weighted by atomic mass is 10.1. The molecule has 0 radical (unpaired) electrons. The predicted molar refractivity (Wildman–Crippen MR) is 126 cm³/mol. The Morgan fingerprint density at radius 2 is 1.58 bits per heavy atom. The standard InChI is InChI=1S/C26H23N3O4/c1-17-5-4-6-19(13-17)25-27-12-11-24(29-25)33-21-9-7-18(8-10-21)26(30)28-20-14-22(31-2)16-23(15-20)32-3/h4-16H,1-3H3,(H,28,30). The van der Waals surface area contributed by atoms with E-state index in [4.69, 9.17) is 14.2 Å². The smallest absolute Gasteiger partial charge is 0.255 e. The summed E-state index contributed by atoms with van der Waals surface area (Å²) in [5.74, 6) is 2.47. The fourth-order valence-corrected chi connectivity index (χ4v) is 3.20. The van der Waals surface area contributed by atoms with Gasteiger partial charge in [-0.2, -0.15) is 4.98 Å². The van der Waals surface area contributed by atoms with Crippen LogP contribution < -0.4 is 19.5 Å². The van der Waals surface area contributed by atoms with Crippen LogP contribution in [0.3, 0.4) is 0 Å². The fraction of sp³-hybridized carbons (Fsp3) is 0.115. The molecule has 3 aromatic carbocycles. The summed E-state index contributed by atoms with van der Waals surface area (Å²) >= 11 is 0. The molecule has 0 aliphatic carbocycles. The summed E-state index contributed by atoms with van der Waals surface area (Å²) in [6, 6.07) is 21.6. The fourth-order valence-electron chi connectivity index (χ4n) is 3.20. The summed E-state index contributed by atoms with van der Waals surface area (Å²) in [5, 5.41) is 2.85. The highest BCUT2D eigenvalue weighted by Crippen LogP contribution is 2.27. The Morgan fingerprint density at radius 1 is 0.848 bits per heavy atom. The highest BCUT2D eigenvalue weighted by atomic mass is 16.5. The summed E-state index contributed by atoms with van der Waals surface area (Å²) in [7, 11) is 3.11. The number of hydrogen-bond acceptors (Lipinski definition) is 6. The van der Waals surface area contributed by atoms with E-state index in [9.17, 15) is 4.79 Å². The first-order valence-corrected chi connectivity index (χ1v) is 10.3. The van der Waals surface area contributed by atoms with Crippen LogP contribution in [0.1, 0.15) is 15.9 Å². The number of hydrogen-bond donors (Lipinski definition) is 1. The van der Waals surface area contributed by atoms with E-state index in [0.717, 1.165) is 11.1 Å². The second-order valence-corrected chi connectivity index (χ2v) is 7.27. The molecule has 0 fully saturated rings. The van der Waals surface area contributed by atoms with Crippen molar-refractivity contribution in [1.29, 1.82) is 0 Å². The van der Waals surface area contributed by atoms with Crippen molar-refractivity contribution in [2.45, 2.75) is 6.92 Å². The monoisotopic (exact) mass is 441 g/mol. The van der Waals surface area contributed by atoms with Gasteiger partial charge in [0.05, 0.1) is 14.2 Å². The van der Waals surface area contributed by atoms with Crippen molar-refractivity contribution in [1.82, 2.24) is 9.97 Å². The molecule has 1 heterocycles. The van der Waals surface area contributed by atoms with Crippen LogP contribution in [0, 0.1) is 6.92 Å². The highest BCUT2D eigenvalue weighted by Gasteiger charge is 2.10. The minimum atomic E-state index is -0.263. The minimum Gasteiger partial charge on any atom is -0.497 e. The molecule has 166 valence electrons. The third kappa shape index (κ3) is 5.46. The van der Waals surface area contributed by atoms with Gasteiger partial charge in [0.15, 0.2) is 5.82 Å². The minimum absolute atomic E-state index is 0.263. The van der Waals surface area contributed by atoms with Crippen LogP contribution in [-0.2, 0) is 0 Å². The molecule has 0 bridgehead atoms. The average molecular weight is 441 g/mol. The number of methoxy groups -OCH3 is 2. The van der Waals surface area contributed by atoms with Crippen LogP contribution in [0.15, 0.2) is 79.0 Å². The molecule has 4 aromatic rings. The van der Waals surface area contributed by atoms with Crippen molar-refractivity contribution in [3.63, 3.8) is 0 Å². The number of ether oxygens (including phenoxy) is 3. The number of carbonyl (C=O) groups excluding carboxylic acids is 1. The zero-order valence-corrected chi connectivity index (χ0v) is 18.5. The number of nitrogens with one attached hydrogen (secondary N) is 1. The Kier molecular flexibility index (Phi) is 6.50. The molecule has 1 amide bonds. The second-order valence-electron chi connectivity index (χ2n) is 7.27. The molecule has 1 N–H and O–H groups in total. The highest BCUT2D eigenvalue weighted by molar-refractivity contribution is 6.04. The van der Waals surface area contributed by atoms with Gasteiger partial charge in [-0.3, -0.25) is 4.79 Å². The first kappa shape index (κ1) is 21.8. The Hall–Kier alpha value is -4.39. The summed E-state index contributed by atoms with van der Waals surface area (Å²) in [5.41, 5.74) is 3.10. The number of carbonyl (C=O) groups is 1. The molecule has 1 aromatic heterocycles. The molecule has 7 nitrogen and oxygen atoms in total. The number of nitrogens with zero attached hydrogens (tertiary/aromatic N) is 2. The zero-order chi connectivity index (χ0) is 23.2. The Morgan fingerprint density at radius 3 is 2.24 bits per heavy atom. The van der Waals surface area contributed by atoms with E-state index in [1.54, 1.807) is 68.9 Å². The van der Waals surface area contributed by atoms with Gasteiger partial charge in [-0.05, 0) is 37.3 Å². The topological polar surface area (TPSA) is 82.6 Å². The molecular weight excluding hydrogens is 418 g/mol. The Labute approximate surface area is 192 Å². The van der Waals surface area contributed by atoms with Crippen molar-refractivity contribution in [3.05, 3.63) is 90.1 Å². The molecular formula is C26H23N3O4. The number of aromatic nitrogens is 2. The number of anilines is 1. The van der Waals surface area contributed by atoms with E-state index in [1.807, 2.05) is 31.2 Å². The third-order valence-corrected chi connectivity index (χ3v) is 4.85. The molecule has 33 heavy (non-hydrogen) atoms. The molecule has 0 atom stereocenters. The van der Waals surface area contributed by atoms with Gasteiger partial charge >= 0.3 is 0 Å². The predicted octanol–water partition coefficient (Wildman–Crippen LogP) is 5.51. The molecule has 0 saturated carbocycles. The molecule has 4 rings (SSSR count). The lowest BCUT2D eigenvalue weighted by Crippen LogP contribution is -2.11. The van der Waals surface area contributed by atoms with Crippen molar-refractivity contribution >= 4 is 11.6 Å². The van der Waals surface area contributed by atoms with Crippen molar-refractivity contribution in [2.24, 2.45) is 0 Å². The van der Waals surface area contributed by atoms with Gasteiger partial charge in [0.1, 0.15) is 17.2 Å². The summed E-state index contributed by atoms with van der Waals surface area (Å²) in [4.78, 5) is 21.5. The second kappa shape index (κ2) is 9.82. The Balaban J connectivity index is 1.46. The van der Waals surface area contributed by atoms with Crippen molar-refractivity contribution < 1.29 is 19.0 Å². The lowest BCUT2D eigenvalue weighted by molar-refractivity contribution is 0.102. The van der Waals surface area contributed by atoms with E-state index >= 15 is 0 Å². The van der Waals surface area contributed by atoms with E-state index in [0.29, 0.717) is 40.2 Å². The van der Waals surface area contributed by atoms with Gasteiger partial charge in [0.25, 0.3) is 5.91 Å². The molecule has 0 aliphatic heterocycles. The van der Waals surface area contributed by atoms with E-state index in [2.05, 4.69) is 15.3 Å². The van der Waals surface area contributed by atoms with Crippen LogP contribution in [0.25, 0.3) is 11.4 Å². The first-order chi connectivity index (χ1) is 16.0.